The van der Waals surface area contributed by atoms with Gasteiger partial charge in [-0.25, -0.2) is 29.3 Å². The molecule has 7 saturated heterocycles. The van der Waals surface area contributed by atoms with Crippen molar-refractivity contribution in [1.82, 2.24) is 88.6 Å². The Labute approximate surface area is 853 Å². The van der Waals surface area contributed by atoms with Crippen LogP contribution in [-0.2, 0) is 69.5 Å². The van der Waals surface area contributed by atoms with Crippen LogP contribution in [-0.4, -0.2) is 284 Å². The summed E-state index contributed by atoms with van der Waals surface area (Å²) in [6, 6.07) is 52.7. The highest BCUT2D eigenvalue weighted by Gasteiger charge is 2.55. The molecule has 0 radical (unpaired) electrons. The highest BCUT2D eigenvalue weighted by molar-refractivity contribution is 6.18. The van der Waals surface area contributed by atoms with Gasteiger partial charge in [-0.1, -0.05) is 78.9 Å². The van der Waals surface area contributed by atoms with Gasteiger partial charge < -0.3 is 43.8 Å². The van der Waals surface area contributed by atoms with Crippen LogP contribution >= 0.6 is 0 Å². The van der Waals surface area contributed by atoms with Gasteiger partial charge in [0.1, 0.15) is 19.0 Å². The first kappa shape index (κ1) is 96.5. The maximum absolute atomic E-state index is 14.5. The molecule has 0 unspecified atom stereocenters. The molecule has 752 valence electrons. The minimum absolute atomic E-state index is 0.0298. The Morgan fingerprint density at radius 3 is 1.17 bits per heavy atom. The summed E-state index contributed by atoms with van der Waals surface area (Å²) in [7, 11) is 5.58. The fraction of sp³-hybridized carbons (Fsp3) is 0.381. The topological polar surface area (TPSA) is 321 Å². The Kier molecular flexibility index (Phi) is 26.7. The number of carbonyl (C=O) groups is 6. The first-order valence-corrected chi connectivity index (χ1v) is 51.2. The molecule has 12 aliphatic rings. The van der Waals surface area contributed by atoms with Crippen molar-refractivity contribution in [2.75, 3.05) is 150 Å². The highest BCUT2D eigenvalue weighted by atomic mass is 19.1. The van der Waals surface area contributed by atoms with Crippen LogP contribution in [0.4, 0.5) is 27.1 Å². The fourth-order valence-electron chi connectivity index (χ4n) is 22.9. The number of rotatable bonds is 22. The van der Waals surface area contributed by atoms with Crippen LogP contribution in [0, 0.1) is 22.1 Å². The van der Waals surface area contributed by atoms with Crippen molar-refractivity contribution in [3.63, 3.8) is 0 Å². The minimum atomic E-state index is -0.487. The zero-order chi connectivity index (χ0) is 101. The number of aryl methyl sites for hydroxylation is 3. The molecule has 3 atom stereocenters. The minimum Gasteiger partial charge on any atom is -0.475 e. The lowest BCUT2D eigenvalue weighted by atomic mass is 9.85. The first-order chi connectivity index (χ1) is 71.3. The molecule has 6 aromatic heterocycles. The van der Waals surface area contributed by atoms with E-state index in [4.69, 9.17) is 19.5 Å². The van der Waals surface area contributed by atoms with Gasteiger partial charge in [0, 0.05) is 216 Å². The number of fused-ring (bicyclic) bond motifs is 3. The van der Waals surface area contributed by atoms with Crippen molar-refractivity contribution < 1.29 is 42.6 Å². The second-order valence-corrected chi connectivity index (χ2v) is 41.3. The predicted octanol–water partition coefficient (Wildman–Crippen LogP) is 12.7. The van der Waals surface area contributed by atoms with Crippen molar-refractivity contribution >= 4 is 86.5 Å². The molecule has 33 nitrogen and oxygen atoms in total. The molecule has 3 spiro atoms. The van der Waals surface area contributed by atoms with Gasteiger partial charge in [0.15, 0.2) is 23.3 Å². The number of anilines is 4. The molecule has 12 aliphatic heterocycles. The summed E-state index contributed by atoms with van der Waals surface area (Å²) in [5.41, 5.74) is 21.1. The number of hydrogen-bond acceptors (Lipinski definition) is 24. The Bertz CT molecular complexity index is 7240. The summed E-state index contributed by atoms with van der Waals surface area (Å²) in [5, 5.41) is 13.1. The van der Waals surface area contributed by atoms with Crippen LogP contribution in [0.2, 0.25) is 0 Å². The quantitative estimate of drug-likeness (QED) is 0.0608. The summed E-state index contributed by atoms with van der Waals surface area (Å²) in [4.78, 5) is 143. The molecule has 0 bridgehead atoms. The van der Waals surface area contributed by atoms with E-state index in [0.29, 0.717) is 158 Å². The zero-order valence-electron chi connectivity index (χ0n) is 84.1. The molecule has 0 aliphatic carbocycles. The molecule has 147 heavy (non-hydrogen) atoms. The Morgan fingerprint density at radius 2 is 0.762 bits per heavy atom. The number of carbonyl (C=O) groups excluding carboxylic acids is 6. The van der Waals surface area contributed by atoms with Gasteiger partial charge in [-0.05, 0) is 217 Å². The van der Waals surface area contributed by atoms with E-state index in [1.807, 2.05) is 157 Å². The first-order valence-electron chi connectivity index (χ1n) is 51.2. The number of likely N-dealkylation sites (tertiary alicyclic amines) is 3. The molecule has 34 heteroatoms. The van der Waals surface area contributed by atoms with Gasteiger partial charge in [0.2, 0.25) is 47.2 Å². The Hall–Kier alpha value is -15.3. The van der Waals surface area contributed by atoms with Crippen LogP contribution < -0.4 is 29.1 Å². The van der Waals surface area contributed by atoms with Gasteiger partial charge in [-0.2, -0.15) is 15.3 Å². The standard InChI is InChI=1S/C39H42N8O3.C38H43N9O3.C36H35FN8O2/c1-26(2)50-34-20-30(10-15-40-34)36-33-21-32(9-8-31(33)22-41-36)47-19-14-39(38(47)49)13-18-45(24-39)23-35(48)46-16-11-28(12-17-46)27-4-6-29(7-5-27)37-42-25-44(3)43-37;1-26(2)50-33-11-7-29(22-39-33)35-32-20-31(10-6-28(32)21-40-35)47-15-13-38(37(47)49)12-14-44(24-38)23-34(48)46-18-16-45(17-19-46)30-8-4-27(5-9-30)36-41-25-43(3)42-36;1-42-23-40-34(41-42)26-4-2-24(3-5-26)25-9-14-44(15-10-25)32(46)21-43-16-11-36(22-43)12-17-45(35(36)47)28-7-6-27-19-39-33(30(27)18-28)29-8-13-38-20-31(29)37/h4-11,15,20-21,25-26H,12-14,16-19,22-24H2,1-3H3;4-11,20,22,25-26H,12-19,21,23-24H2,1-3H3;2-9,13,18,20,23H,10-12,14-17,19,21-22H2,1H3/t39-;38-;36-/m000/s1. The van der Waals surface area contributed by atoms with Gasteiger partial charge in [-0.3, -0.25) is 77.5 Å². The molecule has 24 rings (SSSR count). The van der Waals surface area contributed by atoms with E-state index in [1.165, 1.54) is 17.3 Å². The number of nitrogens with zero attached hydrogens (tertiary/aromatic N) is 25. The molecule has 6 amide bonds. The lowest BCUT2D eigenvalue weighted by Gasteiger charge is -2.37. The van der Waals surface area contributed by atoms with Crippen LogP contribution in [0.5, 0.6) is 11.8 Å². The van der Waals surface area contributed by atoms with E-state index >= 15 is 0 Å². The number of piperazine rings is 1. The third kappa shape index (κ3) is 19.9. The van der Waals surface area contributed by atoms with E-state index in [-0.39, 0.29) is 47.7 Å². The summed E-state index contributed by atoms with van der Waals surface area (Å²) >= 11 is 0. The van der Waals surface area contributed by atoms with E-state index < -0.39 is 22.1 Å². The molecule has 0 saturated carbocycles. The zero-order valence-corrected chi connectivity index (χ0v) is 84.1. The molecule has 6 aromatic carbocycles. The Morgan fingerprint density at radius 1 is 0.367 bits per heavy atom. The molecule has 12 aromatic rings. The maximum atomic E-state index is 14.5. The second-order valence-electron chi connectivity index (χ2n) is 41.3. The normalized spacial score (nSPS) is 20.7. The van der Waals surface area contributed by atoms with Crippen molar-refractivity contribution in [2.45, 2.75) is 111 Å². The third-order valence-corrected chi connectivity index (χ3v) is 30.9. The van der Waals surface area contributed by atoms with Crippen LogP contribution in [0.25, 0.3) is 45.3 Å². The monoisotopic (exact) mass is 1970 g/mol. The number of pyridine rings is 3. The van der Waals surface area contributed by atoms with Gasteiger partial charge in [0.05, 0.1) is 91.1 Å². The van der Waals surface area contributed by atoms with E-state index in [0.717, 1.165) is 191 Å². The number of amides is 6. The van der Waals surface area contributed by atoms with Crippen LogP contribution in [0.3, 0.4) is 0 Å². The largest absolute Gasteiger partial charge is 0.475 e. The SMILES string of the molecule is CC(C)Oc1cc(C2=NCc3ccc(N4CC[C@]5(CCN(CC(=O)N6CC=C(c7ccc(-c8ncn(C)n8)cc7)CC6)C5)C4=O)cc32)ccn1.CC(C)Oc1ccc(C2=NCc3ccc(N4CC[C@]5(CCN(CC(=O)N6CCN(c7ccc(-c8ncn(C)n8)cc7)CC6)C5)C4=O)cc32)cn1.Cn1cnc(-c2ccc(C3=CCN(C(=O)CN4CC[C@]5(CCN(c6ccc7c(c6)C(c6ccncc6F)=NC7)C5=O)C4)CC3)cc2)n1. The average Bonchev–Trinajstić information content (AvgIpc) is 1.60. The lowest BCUT2D eigenvalue weighted by Crippen LogP contribution is -2.51. The number of aliphatic imine (C=N–C) groups is 3. The fourth-order valence-corrected chi connectivity index (χ4v) is 22.9. The number of ether oxygens (including phenoxy) is 2. The smallest absolute Gasteiger partial charge is 0.237 e. The molecule has 7 fully saturated rings. The third-order valence-electron chi connectivity index (χ3n) is 30.9. The second kappa shape index (κ2) is 40.6. The summed E-state index contributed by atoms with van der Waals surface area (Å²) in [6.07, 6.45) is 22.1. The number of hydrogen-bond donors (Lipinski definition) is 0. The number of aromatic nitrogens is 12. The Balaban J connectivity index is 0.000000125. The summed E-state index contributed by atoms with van der Waals surface area (Å²) in [5.74, 6) is 3.70. The van der Waals surface area contributed by atoms with Crippen molar-refractivity contribution in [2.24, 2.45) is 52.4 Å². The number of benzene rings is 6. The van der Waals surface area contributed by atoms with Crippen LogP contribution in [0.15, 0.2) is 229 Å². The van der Waals surface area contributed by atoms with Crippen molar-refractivity contribution in [1.29, 1.82) is 0 Å². The van der Waals surface area contributed by atoms with Crippen LogP contribution in [0.1, 0.15) is 140 Å². The summed E-state index contributed by atoms with van der Waals surface area (Å²) in [6.45, 7) is 22.2. The molecular weight excluding hydrogens is 1850 g/mol. The highest BCUT2D eigenvalue weighted by Crippen LogP contribution is 2.48. The van der Waals surface area contributed by atoms with Crippen molar-refractivity contribution in [3.8, 4) is 45.9 Å². The van der Waals surface area contributed by atoms with Gasteiger partial charge in [0.25, 0.3) is 0 Å². The summed E-state index contributed by atoms with van der Waals surface area (Å²) < 4.78 is 31.2. The number of halogens is 1. The lowest BCUT2D eigenvalue weighted by molar-refractivity contribution is -0.133. The van der Waals surface area contributed by atoms with Crippen molar-refractivity contribution in [3.05, 3.63) is 281 Å². The maximum Gasteiger partial charge on any atom is 0.237 e. The molecular formula is C113H120FN25O8. The predicted molar refractivity (Wildman–Crippen MR) is 559 cm³/mol. The van der Waals surface area contributed by atoms with E-state index in [2.05, 4.69) is 161 Å². The molecule has 18 heterocycles. The molecule has 0 N–H and O–H groups in total. The van der Waals surface area contributed by atoms with Gasteiger partial charge >= 0.3 is 0 Å². The van der Waals surface area contributed by atoms with Gasteiger partial charge in [-0.15, -0.1) is 0 Å². The van der Waals surface area contributed by atoms with E-state index in [9.17, 15) is 33.2 Å². The van der Waals surface area contributed by atoms with E-state index in [1.54, 1.807) is 51.5 Å². The average molecular weight is 1980 g/mol.